The quantitative estimate of drug-likeness (QED) is 0.871. The van der Waals surface area contributed by atoms with Gasteiger partial charge < -0.3 is 10.2 Å². The van der Waals surface area contributed by atoms with E-state index in [-0.39, 0.29) is 11.3 Å². The fraction of sp³-hybridized carbons (Fsp3) is 0.357. The summed E-state index contributed by atoms with van der Waals surface area (Å²) in [6.45, 7) is 5.33. The number of aromatic nitrogens is 2. The average Bonchev–Trinajstić information content (AvgIpc) is 3.09. The van der Waals surface area contributed by atoms with Gasteiger partial charge in [0, 0.05) is 31.4 Å². The zero-order chi connectivity index (χ0) is 14.6. The molecule has 2 saturated heterocycles. The standard InChI is InChI=1S/C14H14N4OS/c1-9-7-14(12(19)16-9)4-6-18(8-14)13-17-11-10(20-13)3-2-5-15-11/h2-3,5H,1,4,6-8H2,(H,16,19)/i3T. The summed E-state index contributed by atoms with van der Waals surface area (Å²) in [5.41, 5.74) is 1.07. The normalized spacial score (nSPS) is 26.6. The van der Waals surface area contributed by atoms with Gasteiger partial charge >= 0.3 is 0 Å². The summed E-state index contributed by atoms with van der Waals surface area (Å²) in [4.78, 5) is 23.0. The van der Waals surface area contributed by atoms with Crippen molar-refractivity contribution in [3.63, 3.8) is 0 Å². The molecule has 0 radical (unpaired) electrons. The summed E-state index contributed by atoms with van der Waals surface area (Å²) < 4.78 is 8.70. The molecule has 0 bridgehead atoms. The van der Waals surface area contributed by atoms with Crippen LogP contribution in [-0.2, 0) is 4.79 Å². The van der Waals surface area contributed by atoms with Crippen molar-refractivity contribution in [2.45, 2.75) is 12.8 Å². The van der Waals surface area contributed by atoms with Gasteiger partial charge in [-0.3, -0.25) is 4.79 Å². The van der Waals surface area contributed by atoms with E-state index in [2.05, 4.69) is 26.8 Å². The summed E-state index contributed by atoms with van der Waals surface area (Å²) >= 11 is 1.48. The van der Waals surface area contributed by atoms with Gasteiger partial charge in [0.25, 0.3) is 0 Å². The highest BCUT2D eigenvalue weighted by atomic mass is 32.1. The average molecular weight is 288 g/mol. The number of nitrogens with one attached hydrogen (secondary N) is 1. The number of hydrogen-bond acceptors (Lipinski definition) is 5. The third-order valence-corrected chi connectivity index (χ3v) is 5.07. The van der Waals surface area contributed by atoms with Gasteiger partial charge in [0.1, 0.15) is 0 Å². The van der Waals surface area contributed by atoms with E-state index in [9.17, 15) is 4.79 Å². The first-order chi connectivity index (χ1) is 10.1. The lowest BCUT2D eigenvalue weighted by Gasteiger charge is -2.19. The lowest BCUT2D eigenvalue weighted by molar-refractivity contribution is -0.126. The van der Waals surface area contributed by atoms with Gasteiger partial charge in [-0.2, -0.15) is 4.98 Å². The van der Waals surface area contributed by atoms with Crippen molar-refractivity contribution in [3.05, 3.63) is 30.6 Å². The molecule has 1 atom stereocenters. The van der Waals surface area contributed by atoms with Crippen LogP contribution < -0.4 is 10.2 Å². The van der Waals surface area contributed by atoms with E-state index >= 15 is 0 Å². The number of fused-ring (bicyclic) bond motifs is 1. The van der Waals surface area contributed by atoms with Crippen LogP contribution in [0.5, 0.6) is 0 Å². The number of pyridine rings is 1. The number of allylic oxidation sites excluding steroid dienone is 1. The maximum Gasteiger partial charge on any atom is 0.232 e. The highest BCUT2D eigenvalue weighted by Gasteiger charge is 2.49. The Bertz CT molecular complexity index is 773. The molecule has 2 aromatic heterocycles. The van der Waals surface area contributed by atoms with Crippen molar-refractivity contribution in [2.75, 3.05) is 18.0 Å². The Morgan fingerprint density at radius 1 is 1.60 bits per heavy atom. The minimum atomic E-state index is -0.355. The van der Waals surface area contributed by atoms with E-state index in [1.54, 1.807) is 12.3 Å². The minimum Gasteiger partial charge on any atom is -0.347 e. The Kier molecular flexibility index (Phi) is 2.17. The Balaban J connectivity index is 1.67. The van der Waals surface area contributed by atoms with Crippen molar-refractivity contribution in [1.82, 2.24) is 15.3 Å². The zero-order valence-electron chi connectivity index (χ0n) is 11.8. The summed E-state index contributed by atoms with van der Waals surface area (Å²) in [6, 6.07) is 2.12. The van der Waals surface area contributed by atoms with E-state index in [1.165, 1.54) is 11.3 Å². The third-order valence-electron chi connectivity index (χ3n) is 4.03. The largest absolute Gasteiger partial charge is 0.347 e. The van der Waals surface area contributed by atoms with E-state index in [0.29, 0.717) is 24.7 Å². The molecule has 2 aliphatic heterocycles. The van der Waals surface area contributed by atoms with E-state index < -0.39 is 0 Å². The van der Waals surface area contributed by atoms with Gasteiger partial charge in [-0.25, -0.2) is 4.98 Å². The Labute approximate surface area is 121 Å². The van der Waals surface area contributed by atoms with Crippen LogP contribution in [0.25, 0.3) is 10.3 Å². The van der Waals surface area contributed by atoms with E-state index in [1.807, 2.05) is 0 Å². The smallest absolute Gasteiger partial charge is 0.232 e. The number of thiazole rings is 1. The van der Waals surface area contributed by atoms with Gasteiger partial charge in [-0.05, 0) is 18.5 Å². The molecule has 4 rings (SSSR count). The van der Waals surface area contributed by atoms with Crippen LogP contribution in [0.4, 0.5) is 5.13 Å². The molecule has 6 heteroatoms. The highest BCUT2D eigenvalue weighted by molar-refractivity contribution is 7.22. The molecule has 1 spiro atoms. The van der Waals surface area contributed by atoms with Crippen LogP contribution in [0.2, 0.25) is 0 Å². The Morgan fingerprint density at radius 2 is 2.50 bits per heavy atom. The Hall–Kier alpha value is -1.95. The lowest BCUT2D eigenvalue weighted by Crippen LogP contribution is -2.34. The van der Waals surface area contributed by atoms with Crippen LogP contribution in [0.3, 0.4) is 0 Å². The van der Waals surface area contributed by atoms with Crippen LogP contribution in [0, 0.1) is 5.41 Å². The topological polar surface area (TPSA) is 58.1 Å². The first-order valence-corrected chi connectivity index (χ1v) is 7.35. The number of carbonyl (C=O) groups is 1. The van der Waals surface area contributed by atoms with Crippen molar-refractivity contribution >= 4 is 32.7 Å². The molecule has 0 aromatic carbocycles. The molecular formula is C14H14N4OS. The molecule has 1 amide bonds. The number of amides is 1. The number of rotatable bonds is 1. The third kappa shape index (κ3) is 1.64. The first-order valence-electron chi connectivity index (χ1n) is 7.04. The number of carbonyl (C=O) groups excluding carboxylic acids is 1. The molecule has 1 N–H and O–H groups in total. The summed E-state index contributed by atoms with van der Waals surface area (Å²) in [5.74, 6) is 0.0791. The van der Waals surface area contributed by atoms with Gasteiger partial charge in [0.2, 0.25) is 5.91 Å². The maximum absolute atomic E-state index is 12.2. The minimum absolute atomic E-state index is 0.0791. The van der Waals surface area contributed by atoms with Gasteiger partial charge in [0.15, 0.2) is 10.8 Å². The molecular weight excluding hydrogens is 272 g/mol. The molecule has 2 aromatic rings. The fourth-order valence-electron chi connectivity index (χ4n) is 3.03. The number of hydrogen-bond donors (Lipinski definition) is 1. The predicted molar refractivity (Wildman–Crippen MR) is 78.6 cm³/mol. The van der Waals surface area contributed by atoms with Crippen LogP contribution in [0.1, 0.15) is 14.2 Å². The lowest BCUT2D eigenvalue weighted by atomic mass is 9.85. The van der Waals surface area contributed by atoms with Gasteiger partial charge in [-0.15, -0.1) is 0 Å². The molecule has 0 saturated carbocycles. The van der Waals surface area contributed by atoms with Crippen molar-refractivity contribution in [3.8, 4) is 0 Å². The summed E-state index contributed by atoms with van der Waals surface area (Å²) in [6.07, 6.45) is 3.12. The van der Waals surface area contributed by atoms with E-state index in [0.717, 1.165) is 28.5 Å². The molecule has 4 heterocycles. The van der Waals surface area contributed by atoms with Gasteiger partial charge in [0.05, 0.1) is 11.5 Å². The molecule has 20 heavy (non-hydrogen) atoms. The zero-order valence-corrected chi connectivity index (χ0v) is 11.7. The maximum atomic E-state index is 12.2. The SMILES string of the molecule is [3H]c1ccnc2nc(N3CCC4(CC(=C)NC4=O)C3)sc12. The molecule has 5 nitrogen and oxygen atoms in total. The highest BCUT2D eigenvalue weighted by Crippen LogP contribution is 2.43. The fourth-order valence-corrected chi connectivity index (χ4v) is 3.95. The van der Waals surface area contributed by atoms with E-state index in [4.69, 9.17) is 1.37 Å². The second-order valence-corrected chi connectivity index (χ2v) is 6.40. The van der Waals surface area contributed by atoms with Crippen molar-refractivity contribution in [2.24, 2.45) is 5.41 Å². The first kappa shape index (κ1) is 10.8. The monoisotopic (exact) mass is 288 g/mol. The molecule has 2 fully saturated rings. The van der Waals surface area contributed by atoms with Crippen LogP contribution >= 0.6 is 11.3 Å². The molecule has 1 unspecified atom stereocenters. The summed E-state index contributed by atoms with van der Waals surface area (Å²) in [5, 5.41) is 3.68. The molecule has 2 aliphatic rings. The second kappa shape index (κ2) is 4.02. The van der Waals surface area contributed by atoms with Gasteiger partial charge in [-0.1, -0.05) is 17.9 Å². The summed E-state index contributed by atoms with van der Waals surface area (Å²) in [7, 11) is 0. The van der Waals surface area contributed by atoms with Crippen LogP contribution in [0.15, 0.2) is 30.6 Å². The second-order valence-electron chi connectivity index (χ2n) is 5.42. The number of nitrogens with zero attached hydrogens (tertiary/aromatic N) is 3. The molecule has 0 aliphatic carbocycles. The molecule has 102 valence electrons. The predicted octanol–water partition coefficient (Wildman–Crippen LogP) is 1.92. The number of anilines is 1. The Morgan fingerprint density at radius 3 is 3.25 bits per heavy atom. The van der Waals surface area contributed by atoms with Crippen molar-refractivity contribution in [1.29, 1.82) is 0 Å². The van der Waals surface area contributed by atoms with Crippen LogP contribution in [-0.4, -0.2) is 29.0 Å². The van der Waals surface area contributed by atoms with Crippen molar-refractivity contribution < 1.29 is 6.17 Å².